The van der Waals surface area contributed by atoms with Gasteiger partial charge in [-0.3, -0.25) is 0 Å². The van der Waals surface area contributed by atoms with Crippen molar-refractivity contribution in [2.45, 2.75) is 17.5 Å². The fraction of sp³-hybridized carbons (Fsp3) is 0.176. The van der Waals surface area contributed by atoms with Crippen LogP contribution in [0.25, 0.3) is 22.1 Å². The van der Waals surface area contributed by atoms with Crippen LogP contribution in [0.1, 0.15) is 5.82 Å². The van der Waals surface area contributed by atoms with E-state index in [4.69, 9.17) is 11.6 Å². The Bertz CT molecular complexity index is 977. The molecule has 4 rings (SSSR count). The van der Waals surface area contributed by atoms with Gasteiger partial charge in [0.05, 0.1) is 34.4 Å². The summed E-state index contributed by atoms with van der Waals surface area (Å²) in [6, 6.07) is 13.6. The first-order chi connectivity index (χ1) is 11.7. The van der Waals surface area contributed by atoms with Crippen molar-refractivity contribution in [2.24, 2.45) is 0 Å². The third-order valence-corrected chi connectivity index (χ3v) is 4.92. The van der Waals surface area contributed by atoms with Crippen LogP contribution >= 0.6 is 23.4 Å². The number of halogens is 1. The molecule has 7 heteroatoms. The van der Waals surface area contributed by atoms with Crippen molar-refractivity contribution in [1.82, 2.24) is 19.5 Å². The Balaban J connectivity index is 1.64. The zero-order valence-corrected chi connectivity index (χ0v) is 14.3. The molecule has 0 spiro atoms. The van der Waals surface area contributed by atoms with Gasteiger partial charge in [-0.1, -0.05) is 35.5 Å². The molecule has 5 nitrogen and oxygen atoms in total. The SMILES string of the molecule is OCCn1c(CSc2nc3ccccc3[nH]2)nc2ccc(Cl)cc21. The first-order valence-corrected chi connectivity index (χ1v) is 8.94. The van der Waals surface area contributed by atoms with Crippen LogP contribution in [0.15, 0.2) is 47.6 Å². The monoisotopic (exact) mass is 358 g/mol. The summed E-state index contributed by atoms with van der Waals surface area (Å²) in [4.78, 5) is 12.5. The first-order valence-electron chi connectivity index (χ1n) is 7.57. The van der Waals surface area contributed by atoms with Gasteiger partial charge >= 0.3 is 0 Å². The first kappa shape index (κ1) is 15.5. The maximum Gasteiger partial charge on any atom is 0.166 e. The smallest absolute Gasteiger partial charge is 0.166 e. The van der Waals surface area contributed by atoms with Crippen LogP contribution in [0.3, 0.4) is 0 Å². The molecule has 0 saturated heterocycles. The van der Waals surface area contributed by atoms with Crippen LogP contribution in [0, 0.1) is 0 Å². The molecule has 2 aromatic heterocycles. The largest absolute Gasteiger partial charge is 0.395 e. The molecule has 122 valence electrons. The number of hydrogen-bond acceptors (Lipinski definition) is 4. The molecule has 0 bridgehead atoms. The summed E-state index contributed by atoms with van der Waals surface area (Å²) in [5.41, 5.74) is 3.80. The second-order valence-corrected chi connectivity index (χ2v) is 6.78. The minimum absolute atomic E-state index is 0.0558. The van der Waals surface area contributed by atoms with Gasteiger partial charge < -0.3 is 14.7 Å². The van der Waals surface area contributed by atoms with Crippen molar-refractivity contribution >= 4 is 45.4 Å². The Morgan fingerprint density at radius 1 is 1.12 bits per heavy atom. The molecule has 0 atom stereocenters. The summed E-state index contributed by atoms with van der Waals surface area (Å²) in [5, 5.41) is 10.9. The highest BCUT2D eigenvalue weighted by molar-refractivity contribution is 7.98. The standard InChI is InChI=1S/C17H15ClN4OS/c18-11-5-6-14-15(9-11)22(7-8-23)16(19-14)10-24-17-20-12-3-1-2-4-13(12)21-17/h1-6,9,23H,7-8,10H2,(H,20,21). The highest BCUT2D eigenvalue weighted by Gasteiger charge is 2.12. The van der Waals surface area contributed by atoms with E-state index >= 15 is 0 Å². The minimum atomic E-state index is 0.0558. The number of aliphatic hydroxyl groups is 1. The van der Waals surface area contributed by atoms with Crippen molar-refractivity contribution in [1.29, 1.82) is 0 Å². The van der Waals surface area contributed by atoms with Crippen molar-refractivity contribution in [2.75, 3.05) is 6.61 Å². The van der Waals surface area contributed by atoms with E-state index in [1.807, 2.05) is 47.0 Å². The second-order valence-electron chi connectivity index (χ2n) is 5.38. The second kappa shape index (κ2) is 6.47. The molecule has 0 amide bonds. The number of imidazole rings is 2. The average molecular weight is 359 g/mol. The number of H-pyrrole nitrogens is 1. The van der Waals surface area contributed by atoms with Gasteiger partial charge in [0.2, 0.25) is 0 Å². The van der Waals surface area contributed by atoms with Gasteiger partial charge in [0.25, 0.3) is 0 Å². The van der Waals surface area contributed by atoms with Crippen molar-refractivity contribution < 1.29 is 5.11 Å². The molecule has 0 fully saturated rings. The van der Waals surface area contributed by atoms with Crippen molar-refractivity contribution in [3.05, 3.63) is 53.3 Å². The number of para-hydroxylation sites is 2. The van der Waals surface area contributed by atoms with E-state index in [2.05, 4.69) is 15.0 Å². The molecule has 2 heterocycles. The highest BCUT2D eigenvalue weighted by Crippen LogP contribution is 2.26. The lowest BCUT2D eigenvalue weighted by Crippen LogP contribution is -2.06. The van der Waals surface area contributed by atoms with E-state index in [9.17, 15) is 5.11 Å². The summed E-state index contributed by atoms with van der Waals surface area (Å²) in [6.45, 7) is 0.549. The number of nitrogens with one attached hydrogen (secondary N) is 1. The van der Waals surface area contributed by atoms with E-state index in [1.54, 1.807) is 11.8 Å². The zero-order chi connectivity index (χ0) is 16.5. The third kappa shape index (κ3) is 2.88. The predicted molar refractivity (Wildman–Crippen MR) is 97.5 cm³/mol. The Hall–Kier alpha value is -2.02. The lowest BCUT2D eigenvalue weighted by Gasteiger charge is -2.06. The zero-order valence-electron chi connectivity index (χ0n) is 12.7. The van der Waals surface area contributed by atoms with Gasteiger partial charge in [-0.05, 0) is 30.3 Å². The molecule has 0 radical (unpaired) electrons. The lowest BCUT2D eigenvalue weighted by atomic mass is 10.3. The van der Waals surface area contributed by atoms with Gasteiger partial charge in [0.15, 0.2) is 5.16 Å². The number of fused-ring (bicyclic) bond motifs is 2. The fourth-order valence-corrected chi connectivity index (χ4v) is 3.73. The van der Waals surface area contributed by atoms with Gasteiger partial charge in [0, 0.05) is 11.6 Å². The molecule has 0 saturated carbocycles. The topological polar surface area (TPSA) is 66.7 Å². The number of thioether (sulfide) groups is 1. The van der Waals surface area contributed by atoms with Gasteiger partial charge in [-0.15, -0.1) is 0 Å². The number of benzene rings is 2. The van der Waals surface area contributed by atoms with Crippen LogP contribution < -0.4 is 0 Å². The normalized spacial score (nSPS) is 11.6. The van der Waals surface area contributed by atoms with Crippen molar-refractivity contribution in [3.63, 3.8) is 0 Å². The molecule has 2 aromatic carbocycles. The van der Waals surface area contributed by atoms with Gasteiger partial charge in [0.1, 0.15) is 5.82 Å². The Morgan fingerprint density at radius 3 is 2.83 bits per heavy atom. The molecule has 24 heavy (non-hydrogen) atoms. The number of aromatic amines is 1. The fourth-order valence-electron chi connectivity index (χ4n) is 2.74. The molecular formula is C17H15ClN4OS. The molecule has 2 N–H and O–H groups in total. The number of rotatable bonds is 5. The Kier molecular flexibility index (Phi) is 4.18. The summed E-state index contributed by atoms with van der Waals surface area (Å²) in [7, 11) is 0. The van der Waals surface area contributed by atoms with Crippen LogP contribution in [0.2, 0.25) is 5.02 Å². The molecule has 4 aromatic rings. The summed E-state index contributed by atoms with van der Waals surface area (Å²) in [5.74, 6) is 1.55. The van der Waals surface area contributed by atoms with E-state index in [1.165, 1.54) is 0 Å². The highest BCUT2D eigenvalue weighted by atomic mass is 35.5. The van der Waals surface area contributed by atoms with E-state index in [0.29, 0.717) is 17.3 Å². The lowest BCUT2D eigenvalue weighted by molar-refractivity contribution is 0.276. The maximum absolute atomic E-state index is 9.36. The molecule has 0 aliphatic rings. The quantitative estimate of drug-likeness (QED) is 0.532. The van der Waals surface area contributed by atoms with E-state index in [-0.39, 0.29) is 6.61 Å². The number of hydrogen-bond donors (Lipinski definition) is 2. The third-order valence-electron chi connectivity index (χ3n) is 3.82. The molecule has 0 aliphatic heterocycles. The van der Waals surface area contributed by atoms with Crippen LogP contribution in [0.5, 0.6) is 0 Å². The predicted octanol–water partition coefficient (Wildman–Crippen LogP) is 3.85. The maximum atomic E-state index is 9.36. The summed E-state index contributed by atoms with van der Waals surface area (Å²) >= 11 is 7.69. The van der Waals surface area contributed by atoms with E-state index in [0.717, 1.165) is 33.0 Å². The molecular weight excluding hydrogens is 344 g/mol. The summed E-state index contributed by atoms with van der Waals surface area (Å²) in [6.07, 6.45) is 0. The average Bonchev–Trinajstić information content (AvgIpc) is 3.14. The Morgan fingerprint density at radius 2 is 2.00 bits per heavy atom. The van der Waals surface area contributed by atoms with E-state index < -0.39 is 0 Å². The van der Waals surface area contributed by atoms with Crippen LogP contribution in [0.4, 0.5) is 0 Å². The Labute approximate surface area is 147 Å². The molecule has 0 aliphatic carbocycles. The van der Waals surface area contributed by atoms with Gasteiger partial charge in [-0.25, -0.2) is 9.97 Å². The number of nitrogens with zero attached hydrogens (tertiary/aromatic N) is 3. The van der Waals surface area contributed by atoms with Crippen LogP contribution in [-0.2, 0) is 12.3 Å². The minimum Gasteiger partial charge on any atom is -0.395 e. The number of aliphatic hydroxyl groups excluding tert-OH is 1. The number of aromatic nitrogens is 4. The summed E-state index contributed by atoms with van der Waals surface area (Å²) < 4.78 is 2.01. The van der Waals surface area contributed by atoms with Gasteiger partial charge in [-0.2, -0.15) is 0 Å². The molecule has 0 unspecified atom stereocenters. The van der Waals surface area contributed by atoms with Crippen molar-refractivity contribution in [3.8, 4) is 0 Å². The van der Waals surface area contributed by atoms with Crippen LogP contribution in [-0.4, -0.2) is 31.2 Å².